The van der Waals surface area contributed by atoms with E-state index in [1.165, 1.54) is 6.32 Å². The summed E-state index contributed by atoms with van der Waals surface area (Å²) in [5.41, 5.74) is 0. The van der Waals surface area contributed by atoms with Crippen molar-refractivity contribution in [2.24, 2.45) is 5.92 Å². The molecule has 1 aliphatic heterocycles. The van der Waals surface area contributed by atoms with E-state index in [0.717, 1.165) is 13.6 Å². The summed E-state index contributed by atoms with van der Waals surface area (Å²) >= 11 is 0. The quantitative estimate of drug-likeness (QED) is 0.502. The molecule has 1 N–H and O–H groups in total. The zero-order chi connectivity index (χ0) is 7.56. The lowest BCUT2D eigenvalue weighted by Gasteiger charge is -2.18. The van der Waals surface area contributed by atoms with Crippen molar-refractivity contribution in [3.05, 3.63) is 0 Å². The second-order valence-electron chi connectivity index (χ2n) is 3.20. The Morgan fingerprint density at radius 3 is 2.80 bits per heavy atom. The molecule has 58 valence electrons. The minimum Gasteiger partial charge on any atom is -0.369 e. The second-order valence-corrected chi connectivity index (χ2v) is 3.20. The van der Waals surface area contributed by atoms with Crippen LogP contribution in [0.5, 0.6) is 0 Å². The summed E-state index contributed by atoms with van der Waals surface area (Å²) in [5, 5.41) is 9.16. The number of ether oxygens (including phenoxy) is 1. The lowest BCUT2D eigenvalue weighted by atomic mass is 9.67. The van der Waals surface area contributed by atoms with Gasteiger partial charge in [-0.1, -0.05) is 13.2 Å². The minimum atomic E-state index is -0.514. The summed E-state index contributed by atoms with van der Waals surface area (Å²) in [4.78, 5) is 0. The summed E-state index contributed by atoms with van der Waals surface area (Å²) in [5.74, 6) is 0.595. The molecule has 0 radical (unpaired) electrons. The van der Waals surface area contributed by atoms with Gasteiger partial charge < -0.3 is 9.84 Å². The topological polar surface area (TPSA) is 29.5 Å². The van der Waals surface area contributed by atoms with Crippen LogP contribution < -0.4 is 0 Å². The van der Waals surface area contributed by atoms with Gasteiger partial charge in [0, 0.05) is 0 Å². The third kappa shape index (κ3) is 1.99. The first kappa shape index (κ1) is 8.09. The minimum absolute atomic E-state index is 0.220. The molecule has 0 spiro atoms. The zero-order valence-corrected chi connectivity index (χ0v) is 6.71. The molecule has 1 aliphatic rings. The summed E-state index contributed by atoms with van der Waals surface area (Å²) in [6.07, 6.45) is 1.69. The zero-order valence-electron chi connectivity index (χ0n) is 6.71. The molecule has 0 saturated carbocycles. The van der Waals surface area contributed by atoms with Gasteiger partial charge in [0.15, 0.2) is 0 Å². The lowest BCUT2D eigenvalue weighted by molar-refractivity contribution is -0.125. The summed E-state index contributed by atoms with van der Waals surface area (Å²) in [6.45, 7) is 4.20. The van der Waals surface area contributed by atoms with E-state index in [1.807, 2.05) is 6.92 Å². The maximum absolute atomic E-state index is 9.16. The molecular formula is C7H15BO2. The molecule has 0 aromatic rings. The van der Waals surface area contributed by atoms with E-state index < -0.39 is 6.29 Å². The van der Waals surface area contributed by atoms with Crippen molar-refractivity contribution in [3.63, 3.8) is 0 Å². The van der Waals surface area contributed by atoms with E-state index in [1.54, 1.807) is 0 Å². The highest BCUT2D eigenvalue weighted by molar-refractivity contribution is 6.35. The van der Waals surface area contributed by atoms with Gasteiger partial charge in [-0.25, -0.2) is 0 Å². The largest absolute Gasteiger partial charge is 0.369 e. The standard InChI is InChI=1S/C7H15BO2/c1-5-3-8-4-7(9)10-6(5)2/h5-9H,3-4H2,1-2H3. The number of aliphatic hydroxyl groups is 1. The Kier molecular flexibility index (Phi) is 2.75. The van der Waals surface area contributed by atoms with Crippen molar-refractivity contribution >= 4 is 7.28 Å². The maximum atomic E-state index is 9.16. The van der Waals surface area contributed by atoms with Crippen molar-refractivity contribution in [2.45, 2.75) is 38.9 Å². The average molecular weight is 142 g/mol. The Bertz CT molecular complexity index is 108. The van der Waals surface area contributed by atoms with Crippen LogP contribution in [-0.4, -0.2) is 24.8 Å². The van der Waals surface area contributed by atoms with Crippen molar-refractivity contribution in [1.82, 2.24) is 0 Å². The maximum Gasteiger partial charge on any atom is 0.148 e. The van der Waals surface area contributed by atoms with E-state index in [-0.39, 0.29) is 6.10 Å². The molecule has 3 heteroatoms. The van der Waals surface area contributed by atoms with Crippen LogP contribution >= 0.6 is 0 Å². The van der Waals surface area contributed by atoms with Crippen molar-refractivity contribution in [3.8, 4) is 0 Å². The molecule has 1 heterocycles. The van der Waals surface area contributed by atoms with Crippen molar-refractivity contribution in [1.29, 1.82) is 0 Å². The van der Waals surface area contributed by atoms with Crippen molar-refractivity contribution < 1.29 is 9.84 Å². The highest BCUT2D eigenvalue weighted by atomic mass is 16.6. The first-order valence-corrected chi connectivity index (χ1v) is 4.03. The van der Waals surface area contributed by atoms with Crippen LogP contribution in [0.15, 0.2) is 0 Å². The van der Waals surface area contributed by atoms with Gasteiger partial charge in [-0.05, 0) is 19.2 Å². The Balaban J connectivity index is 2.41. The molecule has 1 rings (SSSR count). The van der Waals surface area contributed by atoms with Crippen LogP contribution in [-0.2, 0) is 4.74 Å². The predicted octanol–water partition coefficient (Wildman–Crippen LogP) is 0.633. The lowest BCUT2D eigenvalue weighted by Crippen LogP contribution is -2.20. The smallest absolute Gasteiger partial charge is 0.148 e. The van der Waals surface area contributed by atoms with Gasteiger partial charge in [0.1, 0.15) is 13.6 Å². The fourth-order valence-electron chi connectivity index (χ4n) is 1.30. The van der Waals surface area contributed by atoms with Crippen LogP contribution in [0.4, 0.5) is 0 Å². The van der Waals surface area contributed by atoms with Crippen LogP contribution in [0.25, 0.3) is 0 Å². The van der Waals surface area contributed by atoms with E-state index in [0.29, 0.717) is 5.92 Å². The van der Waals surface area contributed by atoms with E-state index in [9.17, 15) is 0 Å². The van der Waals surface area contributed by atoms with Gasteiger partial charge in [0.25, 0.3) is 0 Å². The first-order valence-electron chi connectivity index (χ1n) is 4.03. The van der Waals surface area contributed by atoms with Gasteiger partial charge in [0.05, 0.1) is 6.10 Å². The van der Waals surface area contributed by atoms with Gasteiger partial charge >= 0.3 is 0 Å². The molecule has 10 heavy (non-hydrogen) atoms. The molecule has 0 bridgehead atoms. The van der Waals surface area contributed by atoms with Crippen molar-refractivity contribution in [2.75, 3.05) is 0 Å². The SMILES string of the molecule is CC1CBCC(O)OC1C. The highest BCUT2D eigenvalue weighted by Crippen LogP contribution is 2.18. The van der Waals surface area contributed by atoms with Crippen LogP contribution in [0.3, 0.4) is 0 Å². The molecule has 0 amide bonds. The Hall–Kier alpha value is -0.0151. The third-order valence-corrected chi connectivity index (χ3v) is 2.28. The normalized spacial score (nSPS) is 42.1. The highest BCUT2D eigenvalue weighted by Gasteiger charge is 2.21. The Morgan fingerprint density at radius 2 is 2.10 bits per heavy atom. The van der Waals surface area contributed by atoms with Crippen LogP contribution in [0.2, 0.25) is 12.6 Å². The van der Waals surface area contributed by atoms with E-state index in [2.05, 4.69) is 6.92 Å². The van der Waals surface area contributed by atoms with Crippen LogP contribution in [0.1, 0.15) is 13.8 Å². The molecule has 1 saturated heterocycles. The number of hydrogen-bond donors (Lipinski definition) is 1. The molecular weight excluding hydrogens is 127 g/mol. The average Bonchev–Trinajstić information content (AvgIpc) is 1.96. The molecule has 3 unspecified atom stereocenters. The molecule has 1 fully saturated rings. The number of aliphatic hydroxyl groups excluding tert-OH is 1. The number of hydrogen-bond acceptors (Lipinski definition) is 2. The monoisotopic (exact) mass is 142 g/mol. The fourth-order valence-corrected chi connectivity index (χ4v) is 1.30. The number of rotatable bonds is 0. The first-order chi connectivity index (χ1) is 4.70. The van der Waals surface area contributed by atoms with E-state index in [4.69, 9.17) is 9.84 Å². The van der Waals surface area contributed by atoms with Gasteiger partial charge in [-0.15, -0.1) is 0 Å². The molecule has 0 aromatic carbocycles. The van der Waals surface area contributed by atoms with Gasteiger partial charge in [-0.2, -0.15) is 0 Å². The Labute approximate surface area is 62.8 Å². The molecule has 3 atom stereocenters. The molecule has 0 aliphatic carbocycles. The van der Waals surface area contributed by atoms with Gasteiger partial charge in [-0.3, -0.25) is 0 Å². The van der Waals surface area contributed by atoms with E-state index >= 15 is 0 Å². The van der Waals surface area contributed by atoms with Gasteiger partial charge in [0.2, 0.25) is 0 Å². The van der Waals surface area contributed by atoms with Crippen LogP contribution in [0, 0.1) is 5.92 Å². The Morgan fingerprint density at radius 1 is 1.40 bits per heavy atom. The molecule has 0 aromatic heterocycles. The summed E-state index contributed by atoms with van der Waals surface area (Å²) < 4.78 is 5.28. The summed E-state index contributed by atoms with van der Waals surface area (Å²) in [6, 6.07) is 0. The second kappa shape index (κ2) is 3.40. The third-order valence-electron chi connectivity index (χ3n) is 2.28. The predicted molar refractivity (Wildman–Crippen MR) is 42.5 cm³/mol. The summed E-state index contributed by atoms with van der Waals surface area (Å²) in [7, 11) is 1.09. The molecule has 2 nitrogen and oxygen atoms in total. The fraction of sp³-hybridized carbons (Fsp3) is 1.00.